The molecule has 0 unspecified atom stereocenters. The molecule has 151 valence electrons. The van der Waals surface area contributed by atoms with Gasteiger partial charge in [-0.05, 0) is 0 Å². The molecule has 1 aliphatic rings. The molecule has 6 rings (SSSR count). The van der Waals surface area contributed by atoms with E-state index in [9.17, 15) is 0 Å². The Hall–Kier alpha value is -3.17. The van der Waals surface area contributed by atoms with E-state index < -0.39 is 0 Å². The van der Waals surface area contributed by atoms with Gasteiger partial charge < -0.3 is 0 Å². The first-order valence-electron chi connectivity index (χ1n) is 10.5. The van der Waals surface area contributed by atoms with Gasteiger partial charge in [0, 0.05) is 0 Å². The topological polar surface area (TPSA) is 52.3 Å². The van der Waals surface area contributed by atoms with Gasteiger partial charge in [0.1, 0.15) is 0 Å². The van der Waals surface area contributed by atoms with Gasteiger partial charge in [0.2, 0.25) is 0 Å². The van der Waals surface area contributed by atoms with Gasteiger partial charge in [0.15, 0.2) is 0 Å². The first kappa shape index (κ1) is 18.6. The van der Waals surface area contributed by atoms with Crippen molar-refractivity contribution in [2.75, 3.05) is 0 Å². The molecular formula is C25H20AsN4O. The molecule has 5 aromatic rings. The number of para-hydroxylation sites is 1. The van der Waals surface area contributed by atoms with Crippen molar-refractivity contribution in [1.29, 1.82) is 0 Å². The number of hydrogen-bond acceptors (Lipinski definition) is 4. The third-order valence-corrected chi connectivity index (χ3v) is 8.08. The van der Waals surface area contributed by atoms with E-state index in [-0.39, 0.29) is 15.8 Å². The summed E-state index contributed by atoms with van der Waals surface area (Å²) >= 11 is -0.277. The van der Waals surface area contributed by atoms with Crippen LogP contribution in [0.1, 0.15) is 31.0 Å². The van der Waals surface area contributed by atoms with Crippen molar-refractivity contribution >= 4 is 41.0 Å². The minimum absolute atomic E-state index is 0.277. The fourth-order valence-corrected chi connectivity index (χ4v) is 6.00. The van der Waals surface area contributed by atoms with E-state index in [1.807, 2.05) is 48.8 Å². The fourth-order valence-electron chi connectivity index (χ4n) is 3.93. The summed E-state index contributed by atoms with van der Waals surface area (Å²) in [6.45, 7) is 0. The van der Waals surface area contributed by atoms with Crippen LogP contribution in [0.2, 0.25) is 0 Å². The maximum atomic E-state index is 5.92. The summed E-state index contributed by atoms with van der Waals surface area (Å²) in [5, 5.41) is 1.10. The zero-order chi connectivity index (χ0) is 20.6. The second-order valence-electron chi connectivity index (χ2n) is 7.80. The van der Waals surface area contributed by atoms with Gasteiger partial charge >= 0.3 is 187 Å². The molecule has 2 aromatic carbocycles. The molecule has 6 heteroatoms. The van der Waals surface area contributed by atoms with Crippen LogP contribution in [0.3, 0.4) is 0 Å². The first-order chi connectivity index (χ1) is 15.3. The second-order valence-corrected chi connectivity index (χ2v) is 10.2. The van der Waals surface area contributed by atoms with Gasteiger partial charge in [0.25, 0.3) is 0 Å². The molecule has 0 N–H and O–H groups in total. The number of pyridine rings is 1. The number of ether oxygens (including phenoxy) is 1. The Labute approximate surface area is 186 Å². The van der Waals surface area contributed by atoms with Crippen molar-refractivity contribution in [1.82, 2.24) is 19.4 Å². The van der Waals surface area contributed by atoms with Crippen molar-refractivity contribution < 1.29 is 4.74 Å². The number of aromatic nitrogens is 4. The molecule has 0 atom stereocenters. The van der Waals surface area contributed by atoms with Crippen LogP contribution < -0.4 is 13.6 Å². The second kappa shape index (κ2) is 7.82. The predicted molar refractivity (Wildman–Crippen MR) is 123 cm³/mol. The predicted octanol–water partition coefficient (Wildman–Crippen LogP) is 3.99. The Morgan fingerprint density at radius 2 is 1.84 bits per heavy atom. The molecular weight excluding hydrogens is 447 g/mol. The molecule has 1 fully saturated rings. The Balaban J connectivity index is 1.31. The van der Waals surface area contributed by atoms with Gasteiger partial charge in [-0.3, -0.25) is 0 Å². The molecule has 0 amide bonds. The Morgan fingerprint density at radius 3 is 2.68 bits per heavy atom. The van der Waals surface area contributed by atoms with E-state index in [0.29, 0.717) is 11.8 Å². The molecule has 3 heterocycles. The number of fused-ring (bicyclic) bond motifs is 2. The molecule has 1 radical (unpaired) electrons. The summed E-state index contributed by atoms with van der Waals surface area (Å²) in [5.41, 5.74) is 2.08. The van der Waals surface area contributed by atoms with Gasteiger partial charge in [-0.2, -0.15) is 0 Å². The molecule has 1 aliphatic carbocycles. The summed E-state index contributed by atoms with van der Waals surface area (Å²) in [7, 11) is 0. The molecule has 3 aromatic heterocycles. The normalized spacial score (nSPS) is 14.5. The monoisotopic (exact) mass is 467 g/mol. The SMILES string of the molecule is c1ccc(Oc2ccc3ccc([As]c4nccn5c(C6CCC6)ncc45)cc3n2)cc1. The number of hydrogen-bond donors (Lipinski definition) is 0. The third-order valence-electron chi connectivity index (χ3n) is 5.79. The van der Waals surface area contributed by atoms with E-state index in [1.54, 1.807) is 0 Å². The Morgan fingerprint density at radius 1 is 0.968 bits per heavy atom. The van der Waals surface area contributed by atoms with Crippen LogP contribution in [-0.2, 0) is 0 Å². The van der Waals surface area contributed by atoms with Crippen LogP contribution in [0.4, 0.5) is 0 Å². The van der Waals surface area contributed by atoms with Gasteiger partial charge in [0.05, 0.1) is 0 Å². The Kier molecular flexibility index (Phi) is 4.69. The van der Waals surface area contributed by atoms with Crippen molar-refractivity contribution in [2.45, 2.75) is 25.2 Å². The number of imidazole rings is 1. The van der Waals surface area contributed by atoms with Gasteiger partial charge in [-0.15, -0.1) is 0 Å². The van der Waals surface area contributed by atoms with E-state index >= 15 is 0 Å². The summed E-state index contributed by atoms with van der Waals surface area (Å²) in [6.07, 6.45) is 9.76. The quantitative estimate of drug-likeness (QED) is 0.367. The van der Waals surface area contributed by atoms with Crippen LogP contribution in [-0.4, -0.2) is 35.1 Å². The zero-order valence-electron chi connectivity index (χ0n) is 16.8. The number of nitrogens with zero attached hydrogens (tertiary/aromatic N) is 4. The number of benzene rings is 2. The van der Waals surface area contributed by atoms with E-state index in [2.05, 4.69) is 34.9 Å². The summed E-state index contributed by atoms with van der Waals surface area (Å²) in [6, 6.07) is 20.2. The summed E-state index contributed by atoms with van der Waals surface area (Å²) < 4.78 is 10.6. The van der Waals surface area contributed by atoms with Crippen molar-refractivity contribution in [2.24, 2.45) is 0 Å². The fraction of sp³-hybridized carbons (Fsp3) is 0.160. The molecule has 1 saturated carbocycles. The molecule has 31 heavy (non-hydrogen) atoms. The molecule has 0 saturated heterocycles. The van der Waals surface area contributed by atoms with E-state index in [0.717, 1.165) is 26.7 Å². The van der Waals surface area contributed by atoms with Gasteiger partial charge in [-0.1, -0.05) is 0 Å². The van der Waals surface area contributed by atoms with Crippen LogP contribution in [0.5, 0.6) is 11.6 Å². The minimum atomic E-state index is -0.277. The molecule has 0 spiro atoms. The van der Waals surface area contributed by atoms with Crippen molar-refractivity contribution in [3.8, 4) is 11.6 Å². The van der Waals surface area contributed by atoms with Crippen LogP contribution in [0.25, 0.3) is 16.4 Å². The van der Waals surface area contributed by atoms with Crippen LogP contribution >= 0.6 is 0 Å². The van der Waals surface area contributed by atoms with Crippen molar-refractivity contribution in [3.05, 3.63) is 85.1 Å². The average Bonchev–Trinajstić information content (AvgIpc) is 3.18. The summed E-state index contributed by atoms with van der Waals surface area (Å²) in [4.78, 5) is 14.2. The van der Waals surface area contributed by atoms with Crippen LogP contribution in [0.15, 0.2) is 79.3 Å². The molecule has 0 bridgehead atoms. The molecule has 0 aliphatic heterocycles. The summed E-state index contributed by atoms with van der Waals surface area (Å²) in [5.74, 6) is 3.18. The molecule has 5 nitrogen and oxygen atoms in total. The number of rotatable bonds is 5. The Bertz CT molecular complexity index is 1380. The van der Waals surface area contributed by atoms with Crippen molar-refractivity contribution in [3.63, 3.8) is 0 Å². The van der Waals surface area contributed by atoms with E-state index in [1.165, 1.54) is 29.4 Å². The van der Waals surface area contributed by atoms with Gasteiger partial charge in [-0.25, -0.2) is 0 Å². The first-order valence-corrected chi connectivity index (χ1v) is 12.4. The maximum absolute atomic E-state index is 5.92. The average molecular weight is 467 g/mol. The third kappa shape index (κ3) is 3.59. The standard InChI is InChI=1S/C25H20AsN4O/c1-2-7-20(8-3-1)31-23-12-10-17-9-11-19(15-21(17)29-23)26-24-22-16-28-25(18-5-4-6-18)30(22)14-13-27-24/h1-3,7-16,18H,4-6H2. The van der Waals surface area contributed by atoms with E-state index in [4.69, 9.17) is 19.7 Å². The zero-order valence-corrected chi connectivity index (χ0v) is 18.7. The van der Waals surface area contributed by atoms with Crippen LogP contribution in [0, 0.1) is 0 Å².